The fourth-order valence-electron chi connectivity index (χ4n) is 1.68. The van der Waals surface area contributed by atoms with Crippen molar-refractivity contribution in [3.05, 3.63) is 27.1 Å². The summed E-state index contributed by atoms with van der Waals surface area (Å²) >= 11 is 6.79. The smallest absolute Gasteiger partial charge is 0.260 e. The SMILES string of the molecule is CCC[C@H](C)NC(=O)[C@H](C)Oc1ccc(Br)cc1Br. The van der Waals surface area contributed by atoms with Crippen molar-refractivity contribution in [2.24, 2.45) is 0 Å². The number of amides is 1. The van der Waals surface area contributed by atoms with Crippen molar-refractivity contribution in [3.8, 4) is 5.75 Å². The third kappa shape index (κ3) is 5.53. The molecule has 0 aliphatic rings. The standard InChI is InChI=1S/C14H19Br2NO2/c1-4-5-9(2)17-14(18)10(3)19-13-7-6-11(15)8-12(13)16/h6-10H,4-5H2,1-3H3,(H,17,18)/t9-,10-/m0/s1. The van der Waals surface area contributed by atoms with E-state index in [0.29, 0.717) is 5.75 Å². The molecular weight excluding hydrogens is 374 g/mol. The second kappa shape index (κ2) is 7.90. The molecule has 1 N–H and O–H groups in total. The van der Waals surface area contributed by atoms with Gasteiger partial charge in [-0.25, -0.2) is 0 Å². The van der Waals surface area contributed by atoms with Crippen LogP contribution in [0.1, 0.15) is 33.6 Å². The van der Waals surface area contributed by atoms with Crippen LogP contribution in [0.15, 0.2) is 27.1 Å². The third-order valence-electron chi connectivity index (χ3n) is 2.68. The quantitative estimate of drug-likeness (QED) is 0.784. The highest BCUT2D eigenvalue weighted by molar-refractivity contribution is 9.11. The van der Waals surface area contributed by atoms with Gasteiger partial charge in [-0.1, -0.05) is 29.3 Å². The maximum Gasteiger partial charge on any atom is 0.260 e. The molecule has 0 spiro atoms. The molecule has 1 aromatic carbocycles. The first-order valence-electron chi connectivity index (χ1n) is 6.36. The lowest BCUT2D eigenvalue weighted by atomic mass is 10.2. The molecular formula is C14H19Br2NO2. The molecule has 0 radical (unpaired) electrons. The molecule has 0 heterocycles. The molecule has 106 valence electrons. The Bertz CT molecular complexity index is 437. The zero-order valence-corrected chi connectivity index (χ0v) is 14.5. The summed E-state index contributed by atoms with van der Waals surface area (Å²) in [6, 6.07) is 5.77. The Kier molecular flexibility index (Phi) is 6.86. The summed E-state index contributed by atoms with van der Waals surface area (Å²) in [4.78, 5) is 12.0. The summed E-state index contributed by atoms with van der Waals surface area (Å²) in [5.74, 6) is 0.574. The van der Waals surface area contributed by atoms with Crippen LogP contribution in [0.25, 0.3) is 0 Å². The molecule has 1 amide bonds. The Morgan fingerprint density at radius 1 is 1.37 bits per heavy atom. The monoisotopic (exact) mass is 391 g/mol. The van der Waals surface area contributed by atoms with Gasteiger partial charge >= 0.3 is 0 Å². The number of halogens is 2. The number of hydrogen-bond donors (Lipinski definition) is 1. The van der Waals surface area contributed by atoms with E-state index in [-0.39, 0.29) is 11.9 Å². The minimum Gasteiger partial charge on any atom is -0.480 e. The third-order valence-corrected chi connectivity index (χ3v) is 3.79. The zero-order valence-electron chi connectivity index (χ0n) is 11.4. The maximum atomic E-state index is 12.0. The van der Waals surface area contributed by atoms with Gasteiger partial charge in [0.15, 0.2) is 6.10 Å². The van der Waals surface area contributed by atoms with Gasteiger partial charge in [-0.15, -0.1) is 0 Å². The number of nitrogens with one attached hydrogen (secondary N) is 1. The average Bonchev–Trinajstić information content (AvgIpc) is 2.32. The van der Waals surface area contributed by atoms with Crippen molar-refractivity contribution in [3.63, 3.8) is 0 Å². The summed E-state index contributed by atoms with van der Waals surface area (Å²) in [6.45, 7) is 5.85. The molecule has 0 aliphatic heterocycles. The van der Waals surface area contributed by atoms with E-state index in [1.54, 1.807) is 6.92 Å². The summed E-state index contributed by atoms with van der Waals surface area (Å²) in [5, 5.41) is 2.94. The molecule has 1 aromatic rings. The van der Waals surface area contributed by atoms with Crippen LogP contribution < -0.4 is 10.1 Å². The van der Waals surface area contributed by atoms with Crippen LogP contribution in [0, 0.1) is 0 Å². The number of hydrogen-bond acceptors (Lipinski definition) is 2. The van der Waals surface area contributed by atoms with Crippen LogP contribution in [0.5, 0.6) is 5.75 Å². The van der Waals surface area contributed by atoms with Crippen LogP contribution in [0.3, 0.4) is 0 Å². The van der Waals surface area contributed by atoms with E-state index in [9.17, 15) is 4.79 Å². The van der Waals surface area contributed by atoms with Crippen LogP contribution >= 0.6 is 31.9 Å². The highest BCUT2D eigenvalue weighted by Crippen LogP contribution is 2.28. The van der Waals surface area contributed by atoms with Crippen LogP contribution in [-0.4, -0.2) is 18.1 Å². The minimum atomic E-state index is -0.517. The second-order valence-electron chi connectivity index (χ2n) is 4.53. The van der Waals surface area contributed by atoms with E-state index < -0.39 is 6.10 Å². The molecule has 0 unspecified atom stereocenters. The molecule has 2 atom stereocenters. The van der Waals surface area contributed by atoms with Crippen molar-refractivity contribution in [1.82, 2.24) is 5.32 Å². The molecule has 0 fully saturated rings. The van der Waals surface area contributed by atoms with Gasteiger partial charge in [0.05, 0.1) is 4.47 Å². The zero-order chi connectivity index (χ0) is 14.4. The van der Waals surface area contributed by atoms with Gasteiger partial charge in [-0.05, 0) is 54.4 Å². The Morgan fingerprint density at radius 3 is 2.63 bits per heavy atom. The summed E-state index contributed by atoms with van der Waals surface area (Å²) < 4.78 is 7.44. The molecule has 0 saturated heterocycles. The topological polar surface area (TPSA) is 38.3 Å². The molecule has 1 rings (SSSR count). The van der Waals surface area contributed by atoms with E-state index in [0.717, 1.165) is 21.8 Å². The van der Waals surface area contributed by atoms with Crippen molar-refractivity contribution < 1.29 is 9.53 Å². The highest BCUT2D eigenvalue weighted by Gasteiger charge is 2.17. The number of ether oxygens (including phenoxy) is 1. The number of carbonyl (C=O) groups is 1. The largest absolute Gasteiger partial charge is 0.480 e. The molecule has 5 heteroatoms. The average molecular weight is 393 g/mol. The van der Waals surface area contributed by atoms with Crippen LogP contribution in [-0.2, 0) is 4.79 Å². The fourth-order valence-corrected chi connectivity index (χ4v) is 2.82. The van der Waals surface area contributed by atoms with Gasteiger partial charge in [-0.2, -0.15) is 0 Å². The lowest BCUT2D eigenvalue weighted by Crippen LogP contribution is -2.41. The maximum absolute atomic E-state index is 12.0. The Labute approximate surface area is 131 Å². The van der Waals surface area contributed by atoms with Gasteiger partial charge in [0.1, 0.15) is 5.75 Å². The number of benzene rings is 1. The summed E-state index contributed by atoms with van der Waals surface area (Å²) in [5.41, 5.74) is 0. The number of rotatable bonds is 6. The molecule has 0 saturated carbocycles. The Morgan fingerprint density at radius 2 is 2.05 bits per heavy atom. The van der Waals surface area contributed by atoms with Crippen LogP contribution in [0.2, 0.25) is 0 Å². The Hall–Kier alpha value is -0.550. The van der Waals surface area contributed by atoms with E-state index >= 15 is 0 Å². The summed E-state index contributed by atoms with van der Waals surface area (Å²) in [7, 11) is 0. The molecule has 19 heavy (non-hydrogen) atoms. The van der Waals surface area contributed by atoms with E-state index in [2.05, 4.69) is 44.1 Å². The van der Waals surface area contributed by atoms with Gasteiger partial charge in [0.25, 0.3) is 5.91 Å². The molecule has 3 nitrogen and oxygen atoms in total. The van der Waals surface area contributed by atoms with Crippen molar-refractivity contribution >= 4 is 37.8 Å². The first kappa shape index (κ1) is 16.5. The Balaban J connectivity index is 2.58. The molecule has 0 bridgehead atoms. The fraction of sp³-hybridized carbons (Fsp3) is 0.500. The minimum absolute atomic E-state index is 0.0873. The lowest BCUT2D eigenvalue weighted by molar-refractivity contribution is -0.127. The van der Waals surface area contributed by atoms with Crippen molar-refractivity contribution in [2.45, 2.75) is 45.8 Å². The number of carbonyl (C=O) groups excluding carboxylic acids is 1. The highest BCUT2D eigenvalue weighted by atomic mass is 79.9. The van der Waals surface area contributed by atoms with E-state index in [1.165, 1.54) is 0 Å². The van der Waals surface area contributed by atoms with Gasteiger partial charge in [0.2, 0.25) is 0 Å². The normalized spacial score (nSPS) is 13.7. The van der Waals surface area contributed by atoms with E-state index in [4.69, 9.17) is 4.74 Å². The first-order valence-corrected chi connectivity index (χ1v) is 7.94. The molecule has 0 aromatic heterocycles. The van der Waals surface area contributed by atoms with Crippen molar-refractivity contribution in [2.75, 3.05) is 0 Å². The predicted molar refractivity (Wildman–Crippen MR) is 84.4 cm³/mol. The van der Waals surface area contributed by atoms with E-state index in [1.807, 2.05) is 25.1 Å². The lowest BCUT2D eigenvalue weighted by Gasteiger charge is -2.19. The van der Waals surface area contributed by atoms with Gasteiger partial charge in [0, 0.05) is 10.5 Å². The van der Waals surface area contributed by atoms with Crippen LogP contribution in [0.4, 0.5) is 0 Å². The second-order valence-corrected chi connectivity index (χ2v) is 6.30. The predicted octanol–water partition coefficient (Wildman–Crippen LogP) is 4.28. The summed E-state index contributed by atoms with van der Waals surface area (Å²) in [6.07, 6.45) is 1.51. The molecule has 0 aliphatic carbocycles. The first-order chi connectivity index (χ1) is 8.93. The van der Waals surface area contributed by atoms with Gasteiger partial charge < -0.3 is 10.1 Å². The van der Waals surface area contributed by atoms with Crippen molar-refractivity contribution in [1.29, 1.82) is 0 Å². The van der Waals surface area contributed by atoms with Gasteiger partial charge in [-0.3, -0.25) is 4.79 Å².